The van der Waals surface area contributed by atoms with E-state index in [2.05, 4.69) is 12.1 Å². The number of Topliss-reactive ketones (excluding diaryl/α,β-unsaturated/α-hetero) is 1. The Morgan fingerprint density at radius 3 is 2.42 bits per heavy atom. The summed E-state index contributed by atoms with van der Waals surface area (Å²) in [5.74, 6) is 0.279. The summed E-state index contributed by atoms with van der Waals surface area (Å²) in [4.78, 5) is 11.9. The van der Waals surface area contributed by atoms with Crippen LogP contribution in [0.4, 0.5) is 5.69 Å². The van der Waals surface area contributed by atoms with Gasteiger partial charge in [-0.15, -0.1) is 0 Å². The molecule has 2 rings (SSSR count). The number of hydrogen-bond acceptors (Lipinski definition) is 2. The first-order valence-corrected chi connectivity index (χ1v) is 6.64. The molecule has 2 aromatic rings. The van der Waals surface area contributed by atoms with Crippen LogP contribution in [0.3, 0.4) is 0 Å². The molecule has 0 bridgehead atoms. The minimum Gasteiger partial charge on any atom is -0.399 e. The number of hydrogen-bond donors (Lipinski definition) is 1. The molecule has 0 spiro atoms. The molecule has 2 aromatic carbocycles. The first-order valence-electron chi connectivity index (χ1n) is 6.64. The van der Waals surface area contributed by atoms with Crippen molar-refractivity contribution in [3.8, 4) is 0 Å². The van der Waals surface area contributed by atoms with Crippen LogP contribution in [0.25, 0.3) is 0 Å². The van der Waals surface area contributed by atoms with Gasteiger partial charge in [0.15, 0.2) is 0 Å². The van der Waals surface area contributed by atoms with Gasteiger partial charge in [-0.2, -0.15) is 0 Å². The molecule has 2 nitrogen and oxygen atoms in total. The molecule has 0 unspecified atom stereocenters. The third-order valence-corrected chi connectivity index (χ3v) is 3.12. The average Bonchev–Trinajstić information content (AvgIpc) is 2.40. The molecule has 2 N–H and O–H groups in total. The number of carbonyl (C=O) groups is 1. The molecular weight excluding hydrogens is 234 g/mol. The lowest BCUT2D eigenvalue weighted by Gasteiger charge is -2.03. The number of carbonyl (C=O) groups excluding carboxylic acids is 1. The van der Waals surface area contributed by atoms with Crippen molar-refractivity contribution in [1.82, 2.24) is 0 Å². The fourth-order valence-electron chi connectivity index (χ4n) is 2.15. The van der Waals surface area contributed by atoms with Crippen molar-refractivity contribution in [1.29, 1.82) is 0 Å². The van der Waals surface area contributed by atoms with E-state index in [0.29, 0.717) is 12.8 Å². The number of benzene rings is 2. The van der Waals surface area contributed by atoms with Crippen LogP contribution in [0.2, 0.25) is 0 Å². The van der Waals surface area contributed by atoms with Crippen molar-refractivity contribution in [2.24, 2.45) is 0 Å². The van der Waals surface area contributed by atoms with Crippen molar-refractivity contribution < 1.29 is 4.79 Å². The van der Waals surface area contributed by atoms with E-state index in [9.17, 15) is 4.79 Å². The molecule has 0 aliphatic rings. The van der Waals surface area contributed by atoms with E-state index in [4.69, 9.17) is 5.73 Å². The SMILES string of the molecule is Nc1cccc(CC(=O)CCCc2ccccc2)c1. The molecule has 0 aliphatic carbocycles. The Labute approximate surface area is 114 Å². The largest absolute Gasteiger partial charge is 0.399 e. The maximum absolute atomic E-state index is 11.9. The molecule has 0 radical (unpaired) electrons. The second kappa shape index (κ2) is 6.74. The van der Waals surface area contributed by atoms with Crippen LogP contribution >= 0.6 is 0 Å². The normalized spacial score (nSPS) is 10.3. The molecule has 0 fully saturated rings. The van der Waals surface area contributed by atoms with Gasteiger partial charge in [0.1, 0.15) is 5.78 Å². The zero-order valence-corrected chi connectivity index (χ0v) is 11.0. The first-order chi connectivity index (χ1) is 9.24. The van der Waals surface area contributed by atoms with Crippen molar-refractivity contribution in [3.05, 3.63) is 65.7 Å². The summed E-state index contributed by atoms with van der Waals surface area (Å²) >= 11 is 0. The Morgan fingerprint density at radius 1 is 0.947 bits per heavy atom. The van der Waals surface area contributed by atoms with Gasteiger partial charge in [0.05, 0.1) is 0 Å². The number of ketones is 1. The number of anilines is 1. The van der Waals surface area contributed by atoms with E-state index in [1.165, 1.54) is 5.56 Å². The maximum atomic E-state index is 11.9. The Kier molecular flexibility index (Phi) is 4.73. The van der Waals surface area contributed by atoms with Gasteiger partial charge in [0.25, 0.3) is 0 Å². The van der Waals surface area contributed by atoms with Gasteiger partial charge in [-0.05, 0) is 36.1 Å². The van der Waals surface area contributed by atoms with E-state index < -0.39 is 0 Å². The lowest BCUT2D eigenvalue weighted by Crippen LogP contribution is -2.03. The van der Waals surface area contributed by atoms with Gasteiger partial charge in [0, 0.05) is 18.5 Å². The van der Waals surface area contributed by atoms with Crippen LogP contribution in [-0.4, -0.2) is 5.78 Å². The number of nitrogen functional groups attached to an aromatic ring is 1. The third kappa shape index (κ3) is 4.59. The highest BCUT2D eigenvalue weighted by Gasteiger charge is 2.04. The average molecular weight is 253 g/mol. The van der Waals surface area contributed by atoms with Crippen LogP contribution in [0, 0.1) is 0 Å². The molecule has 0 saturated heterocycles. The summed E-state index contributed by atoms with van der Waals surface area (Å²) in [5.41, 5.74) is 8.71. The third-order valence-electron chi connectivity index (χ3n) is 3.12. The zero-order chi connectivity index (χ0) is 13.5. The van der Waals surface area contributed by atoms with Crippen molar-refractivity contribution in [2.75, 3.05) is 5.73 Å². The van der Waals surface area contributed by atoms with Gasteiger partial charge in [-0.1, -0.05) is 42.5 Å². The van der Waals surface area contributed by atoms with Crippen molar-refractivity contribution in [3.63, 3.8) is 0 Å². The van der Waals surface area contributed by atoms with Gasteiger partial charge in [-0.3, -0.25) is 4.79 Å². The second-order valence-electron chi connectivity index (χ2n) is 4.80. The van der Waals surface area contributed by atoms with Gasteiger partial charge >= 0.3 is 0 Å². The first kappa shape index (κ1) is 13.3. The molecule has 0 aliphatic heterocycles. The molecule has 0 atom stereocenters. The molecule has 0 aromatic heterocycles. The van der Waals surface area contributed by atoms with Crippen LogP contribution in [0.1, 0.15) is 24.0 Å². The molecule has 0 heterocycles. The molecular formula is C17H19NO. The van der Waals surface area contributed by atoms with Crippen molar-refractivity contribution >= 4 is 11.5 Å². The predicted octanol–water partition coefficient (Wildman–Crippen LogP) is 3.40. The van der Waals surface area contributed by atoms with E-state index >= 15 is 0 Å². The highest BCUT2D eigenvalue weighted by atomic mass is 16.1. The Hall–Kier alpha value is -2.09. The second-order valence-corrected chi connectivity index (χ2v) is 4.80. The number of nitrogens with two attached hydrogens (primary N) is 1. The van der Waals surface area contributed by atoms with E-state index in [0.717, 1.165) is 24.1 Å². The van der Waals surface area contributed by atoms with Gasteiger partial charge in [-0.25, -0.2) is 0 Å². The molecule has 98 valence electrons. The Balaban J connectivity index is 1.76. The minimum absolute atomic E-state index is 0.279. The van der Waals surface area contributed by atoms with Crippen LogP contribution in [-0.2, 0) is 17.6 Å². The highest BCUT2D eigenvalue weighted by Crippen LogP contribution is 2.10. The summed E-state index contributed by atoms with van der Waals surface area (Å²) in [6, 6.07) is 17.8. The smallest absolute Gasteiger partial charge is 0.137 e. The summed E-state index contributed by atoms with van der Waals surface area (Å²) in [7, 11) is 0. The van der Waals surface area contributed by atoms with Crippen LogP contribution < -0.4 is 5.73 Å². The number of aryl methyl sites for hydroxylation is 1. The molecule has 0 amide bonds. The van der Waals surface area contributed by atoms with E-state index in [-0.39, 0.29) is 5.78 Å². The maximum Gasteiger partial charge on any atom is 0.137 e. The molecule has 2 heteroatoms. The van der Waals surface area contributed by atoms with Crippen molar-refractivity contribution in [2.45, 2.75) is 25.7 Å². The molecule has 19 heavy (non-hydrogen) atoms. The summed E-state index contributed by atoms with van der Waals surface area (Å²) in [6.45, 7) is 0. The lowest BCUT2D eigenvalue weighted by molar-refractivity contribution is -0.118. The fourth-order valence-corrected chi connectivity index (χ4v) is 2.15. The fraction of sp³-hybridized carbons (Fsp3) is 0.235. The Bertz CT molecular complexity index is 534. The Morgan fingerprint density at radius 2 is 1.68 bits per heavy atom. The van der Waals surface area contributed by atoms with Gasteiger partial charge < -0.3 is 5.73 Å². The van der Waals surface area contributed by atoms with E-state index in [1.807, 2.05) is 42.5 Å². The minimum atomic E-state index is 0.279. The molecule has 0 saturated carbocycles. The lowest BCUT2D eigenvalue weighted by atomic mass is 10.0. The zero-order valence-electron chi connectivity index (χ0n) is 11.0. The monoisotopic (exact) mass is 253 g/mol. The van der Waals surface area contributed by atoms with Crippen LogP contribution in [0.15, 0.2) is 54.6 Å². The predicted molar refractivity (Wildman–Crippen MR) is 78.9 cm³/mol. The standard InChI is InChI=1S/C17H19NO/c18-16-10-4-9-15(12-16)13-17(19)11-5-8-14-6-2-1-3-7-14/h1-4,6-7,9-10,12H,5,8,11,13,18H2. The summed E-state index contributed by atoms with van der Waals surface area (Å²) < 4.78 is 0. The summed E-state index contributed by atoms with van der Waals surface area (Å²) in [6.07, 6.45) is 2.98. The summed E-state index contributed by atoms with van der Waals surface area (Å²) in [5, 5.41) is 0. The van der Waals surface area contributed by atoms with Crippen LogP contribution in [0.5, 0.6) is 0 Å². The van der Waals surface area contributed by atoms with E-state index in [1.54, 1.807) is 0 Å². The quantitative estimate of drug-likeness (QED) is 0.802. The van der Waals surface area contributed by atoms with Gasteiger partial charge in [0.2, 0.25) is 0 Å². The highest BCUT2D eigenvalue weighted by molar-refractivity contribution is 5.81. The number of rotatable bonds is 6. The topological polar surface area (TPSA) is 43.1 Å².